The number of carbonyl (C=O) groups is 2. The lowest BCUT2D eigenvalue weighted by molar-refractivity contribution is -0.119. The number of ether oxygens (including phenoxy) is 1. The molecule has 1 aliphatic rings. The molecule has 7 heteroatoms. The summed E-state index contributed by atoms with van der Waals surface area (Å²) in [5.74, 6) is -0.130. The first-order chi connectivity index (χ1) is 12.0. The van der Waals surface area contributed by atoms with Crippen molar-refractivity contribution < 1.29 is 14.3 Å². The SMILES string of the molecule is CCC(C)C(N)C(=O)Nc1ccc(NC(=O)CN2CCOCC2)cc1. The first kappa shape index (κ1) is 19.4. The molecule has 2 atom stereocenters. The Kier molecular flexibility index (Phi) is 7.36. The van der Waals surface area contributed by atoms with Crippen molar-refractivity contribution in [2.75, 3.05) is 43.5 Å². The maximum Gasteiger partial charge on any atom is 0.241 e. The lowest BCUT2D eigenvalue weighted by Crippen LogP contribution is -2.41. The van der Waals surface area contributed by atoms with Crippen molar-refractivity contribution in [1.82, 2.24) is 4.90 Å². The molecule has 1 heterocycles. The summed E-state index contributed by atoms with van der Waals surface area (Å²) in [6.45, 7) is 7.19. The summed E-state index contributed by atoms with van der Waals surface area (Å²) in [6.07, 6.45) is 0.850. The van der Waals surface area contributed by atoms with Gasteiger partial charge >= 0.3 is 0 Å². The molecule has 1 aromatic carbocycles. The van der Waals surface area contributed by atoms with Gasteiger partial charge in [-0.3, -0.25) is 14.5 Å². The lowest BCUT2D eigenvalue weighted by atomic mass is 9.99. The number of amides is 2. The van der Waals surface area contributed by atoms with E-state index >= 15 is 0 Å². The van der Waals surface area contributed by atoms with Crippen LogP contribution in [0.2, 0.25) is 0 Å². The zero-order valence-corrected chi connectivity index (χ0v) is 15.0. The van der Waals surface area contributed by atoms with Gasteiger partial charge in [-0.05, 0) is 30.2 Å². The van der Waals surface area contributed by atoms with Crippen molar-refractivity contribution in [3.8, 4) is 0 Å². The highest BCUT2D eigenvalue weighted by Crippen LogP contribution is 2.15. The number of nitrogens with one attached hydrogen (secondary N) is 2. The van der Waals surface area contributed by atoms with Gasteiger partial charge in [0.1, 0.15) is 0 Å². The van der Waals surface area contributed by atoms with E-state index in [0.717, 1.165) is 19.5 Å². The van der Waals surface area contributed by atoms with Crippen molar-refractivity contribution in [3.63, 3.8) is 0 Å². The summed E-state index contributed by atoms with van der Waals surface area (Å²) >= 11 is 0. The summed E-state index contributed by atoms with van der Waals surface area (Å²) in [6, 6.07) is 6.51. The Balaban J connectivity index is 1.82. The minimum absolute atomic E-state index is 0.0579. The molecule has 2 rings (SSSR count). The maximum atomic E-state index is 12.1. The van der Waals surface area contributed by atoms with Crippen LogP contribution in [0.5, 0.6) is 0 Å². The normalized spacial score (nSPS) is 17.6. The molecule has 138 valence electrons. The molecular formula is C18H28N4O3. The van der Waals surface area contributed by atoms with Crippen LogP contribution in [0.25, 0.3) is 0 Å². The molecule has 0 spiro atoms. The average molecular weight is 348 g/mol. The average Bonchev–Trinajstić information content (AvgIpc) is 2.62. The van der Waals surface area contributed by atoms with Gasteiger partial charge in [0.05, 0.1) is 25.8 Å². The number of nitrogens with two attached hydrogens (primary N) is 1. The largest absolute Gasteiger partial charge is 0.379 e. The van der Waals surface area contributed by atoms with Crippen LogP contribution >= 0.6 is 0 Å². The summed E-state index contributed by atoms with van der Waals surface area (Å²) in [4.78, 5) is 26.2. The first-order valence-corrected chi connectivity index (χ1v) is 8.76. The molecule has 7 nitrogen and oxygen atoms in total. The van der Waals surface area contributed by atoms with Crippen LogP contribution in [-0.2, 0) is 14.3 Å². The highest BCUT2D eigenvalue weighted by molar-refractivity contribution is 5.96. The molecule has 0 aliphatic carbocycles. The molecule has 0 saturated carbocycles. The van der Waals surface area contributed by atoms with Crippen LogP contribution in [0.4, 0.5) is 11.4 Å². The Bertz CT molecular complexity index is 570. The molecule has 2 unspecified atom stereocenters. The van der Waals surface area contributed by atoms with Gasteiger partial charge in [0, 0.05) is 24.5 Å². The van der Waals surface area contributed by atoms with Gasteiger partial charge in [0.2, 0.25) is 11.8 Å². The van der Waals surface area contributed by atoms with Gasteiger partial charge in [-0.15, -0.1) is 0 Å². The lowest BCUT2D eigenvalue weighted by Gasteiger charge is -2.25. The van der Waals surface area contributed by atoms with E-state index in [1.807, 2.05) is 13.8 Å². The quantitative estimate of drug-likeness (QED) is 0.689. The number of anilines is 2. The Labute approximate surface area is 148 Å². The Morgan fingerprint density at radius 1 is 1.16 bits per heavy atom. The van der Waals surface area contributed by atoms with Crippen LogP contribution in [0.15, 0.2) is 24.3 Å². The number of rotatable bonds is 7. The van der Waals surface area contributed by atoms with E-state index in [9.17, 15) is 9.59 Å². The predicted octanol–water partition coefficient (Wildman–Crippen LogP) is 1.27. The third kappa shape index (κ3) is 6.12. The molecule has 1 saturated heterocycles. The van der Waals surface area contributed by atoms with E-state index in [1.54, 1.807) is 24.3 Å². The fourth-order valence-electron chi connectivity index (χ4n) is 2.54. The fourth-order valence-corrected chi connectivity index (χ4v) is 2.54. The molecule has 1 fully saturated rings. The highest BCUT2D eigenvalue weighted by Gasteiger charge is 2.19. The summed E-state index contributed by atoms with van der Waals surface area (Å²) in [7, 11) is 0. The van der Waals surface area contributed by atoms with Gasteiger partial charge in [-0.25, -0.2) is 0 Å². The highest BCUT2D eigenvalue weighted by atomic mass is 16.5. The van der Waals surface area contributed by atoms with Crippen LogP contribution in [0.1, 0.15) is 20.3 Å². The van der Waals surface area contributed by atoms with E-state index in [4.69, 9.17) is 10.5 Å². The Hall–Kier alpha value is -1.96. The standard InChI is InChI=1S/C18H28N4O3/c1-3-13(2)17(19)18(24)21-15-6-4-14(5-7-15)20-16(23)12-22-8-10-25-11-9-22/h4-7,13,17H,3,8-12,19H2,1-2H3,(H,20,23)(H,21,24). The second-order valence-corrected chi connectivity index (χ2v) is 6.41. The number of hydrogen-bond donors (Lipinski definition) is 3. The molecule has 2 amide bonds. The van der Waals surface area contributed by atoms with Gasteiger partial charge in [-0.1, -0.05) is 20.3 Å². The molecule has 1 aliphatic heterocycles. The van der Waals surface area contributed by atoms with E-state index in [2.05, 4.69) is 15.5 Å². The molecule has 4 N–H and O–H groups in total. The smallest absolute Gasteiger partial charge is 0.241 e. The zero-order valence-electron chi connectivity index (χ0n) is 15.0. The van der Waals surface area contributed by atoms with Crippen molar-refractivity contribution >= 4 is 23.2 Å². The minimum atomic E-state index is -0.530. The van der Waals surface area contributed by atoms with Crippen LogP contribution in [-0.4, -0.2) is 55.6 Å². The summed E-state index contributed by atoms with van der Waals surface area (Å²) < 4.78 is 5.27. The predicted molar refractivity (Wildman–Crippen MR) is 98.4 cm³/mol. The van der Waals surface area contributed by atoms with Crippen LogP contribution in [0.3, 0.4) is 0 Å². The number of nitrogens with zero attached hydrogens (tertiary/aromatic N) is 1. The maximum absolute atomic E-state index is 12.1. The molecule has 0 radical (unpaired) electrons. The van der Waals surface area contributed by atoms with E-state index in [0.29, 0.717) is 31.1 Å². The second-order valence-electron chi connectivity index (χ2n) is 6.41. The van der Waals surface area contributed by atoms with E-state index in [-0.39, 0.29) is 17.7 Å². The van der Waals surface area contributed by atoms with Gasteiger partial charge in [0.25, 0.3) is 0 Å². The zero-order chi connectivity index (χ0) is 18.2. The third-order valence-electron chi connectivity index (χ3n) is 4.47. The van der Waals surface area contributed by atoms with E-state index < -0.39 is 6.04 Å². The number of hydrogen-bond acceptors (Lipinski definition) is 5. The van der Waals surface area contributed by atoms with Crippen molar-refractivity contribution in [1.29, 1.82) is 0 Å². The number of carbonyl (C=O) groups excluding carboxylic acids is 2. The van der Waals surface area contributed by atoms with Crippen LogP contribution in [0, 0.1) is 5.92 Å². The second kappa shape index (κ2) is 9.50. The van der Waals surface area contributed by atoms with Crippen molar-refractivity contribution in [3.05, 3.63) is 24.3 Å². The molecule has 25 heavy (non-hydrogen) atoms. The molecular weight excluding hydrogens is 320 g/mol. The molecule has 0 bridgehead atoms. The summed E-state index contributed by atoms with van der Waals surface area (Å²) in [5, 5.41) is 5.67. The third-order valence-corrected chi connectivity index (χ3v) is 4.47. The fraction of sp³-hybridized carbons (Fsp3) is 0.556. The summed E-state index contributed by atoms with van der Waals surface area (Å²) in [5.41, 5.74) is 7.28. The Morgan fingerprint density at radius 3 is 2.28 bits per heavy atom. The van der Waals surface area contributed by atoms with Crippen molar-refractivity contribution in [2.24, 2.45) is 11.7 Å². The minimum Gasteiger partial charge on any atom is -0.379 e. The van der Waals surface area contributed by atoms with Crippen LogP contribution < -0.4 is 16.4 Å². The first-order valence-electron chi connectivity index (χ1n) is 8.76. The number of morpholine rings is 1. The van der Waals surface area contributed by atoms with E-state index in [1.165, 1.54) is 0 Å². The monoisotopic (exact) mass is 348 g/mol. The van der Waals surface area contributed by atoms with Gasteiger partial charge in [-0.2, -0.15) is 0 Å². The van der Waals surface area contributed by atoms with Gasteiger partial charge < -0.3 is 21.1 Å². The topological polar surface area (TPSA) is 96.7 Å². The van der Waals surface area contributed by atoms with Gasteiger partial charge in [0.15, 0.2) is 0 Å². The van der Waals surface area contributed by atoms with Crippen molar-refractivity contribution in [2.45, 2.75) is 26.3 Å². The molecule has 0 aromatic heterocycles. The molecule has 1 aromatic rings. The number of benzene rings is 1. The Morgan fingerprint density at radius 2 is 1.72 bits per heavy atom.